The predicted octanol–water partition coefficient (Wildman–Crippen LogP) is 4.23. The van der Waals surface area contributed by atoms with Crippen molar-refractivity contribution >= 4 is 34.3 Å². The second kappa shape index (κ2) is 5.41. The summed E-state index contributed by atoms with van der Waals surface area (Å²) in [5.41, 5.74) is 0.377. The zero-order valence-corrected chi connectivity index (χ0v) is 12.2. The first-order valence-corrected chi connectivity index (χ1v) is 7.52. The maximum atomic E-state index is 9.25. The first-order valence-electron chi connectivity index (χ1n) is 5.82. The van der Waals surface area contributed by atoms with E-state index in [2.05, 4.69) is 16.2 Å². The van der Waals surface area contributed by atoms with E-state index < -0.39 is 0 Å². The van der Waals surface area contributed by atoms with Crippen LogP contribution in [0.1, 0.15) is 15.6 Å². The number of aromatic nitrogens is 2. The van der Waals surface area contributed by atoms with Crippen LogP contribution < -0.4 is 0 Å². The van der Waals surface area contributed by atoms with Crippen molar-refractivity contribution in [3.8, 4) is 16.8 Å². The molecule has 0 radical (unpaired) electrons. The average molecular weight is 299 g/mol. The molecule has 4 nitrogen and oxygen atoms in total. The second-order valence-electron chi connectivity index (χ2n) is 4.02. The summed E-state index contributed by atoms with van der Waals surface area (Å²) >= 11 is 3.15. The van der Waals surface area contributed by atoms with E-state index in [-0.39, 0.29) is 5.89 Å². The van der Waals surface area contributed by atoms with Crippen LogP contribution in [-0.2, 0) is 0 Å². The molecule has 0 fully saturated rings. The fourth-order valence-corrected chi connectivity index (χ4v) is 3.12. The predicted molar refractivity (Wildman–Crippen MR) is 80.2 cm³/mol. The highest BCUT2D eigenvalue weighted by atomic mass is 32.1. The molecule has 0 unspecified atom stereocenters. The highest BCUT2D eigenvalue weighted by molar-refractivity contribution is 7.13. The molecule has 0 saturated carbocycles. The van der Waals surface area contributed by atoms with E-state index in [1.165, 1.54) is 16.2 Å². The Labute approximate surface area is 123 Å². The topological polar surface area (TPSA) is 62.7 Å². The molecule has 0 atom stereocenters. The van der Waals surface area contributed by atoms with E-state index >= 15 is 0 Å². The maximum Gasteiger partial charge on any atom is 0.268 e. The van der Waals surface area contributed by atoms with Crippen LogP contribution in [0.5, 0.6) is 0 Å². The molecule has 3 heterocycles. The van der Waals surface area contributed by atoms with Crippen LogP contribution in [0.25, 0.3) is 22.4 Å². The van der Waals surface area contributed by atoms with Gasteiger partial charge in [0.25, 0.3) is 5.89 Å². The Morgan fingerprint density at radius 1 is 1.40 bits per heavy atom. The Kier molecular flexibility index (Phi) is 3.46. The van der Waals surface area contributed by atoms with Crippen LogP contribution in [0.2, 0.25) is 0 Å². The number of rotatable bonds is 3. The molecule has 0 aliphatic carbocycles. The van der Waals surface area contributed by atoms with Gasteiger partial charge in [0.1, 0.15) is 11.6 Å². The fourth-order valence-electron chi connectivity index (χ4n) is 1.65. The van der Waals surface area contributed by atoms with Gasteiger partial charge in [0.05, 0.1) is 4.88 Å². The summed E-state index contributed by atoms with van der Waals surface area (Å²) in [5.74, 6) is 0.764. The molecule has 3 rings (SSSR count). The highest BCUT2D eigenvalue weighted by Crippen LogP contribution is 2.25. The normalized spacial score (nSPS) is 11.5. The third kappa shape index (κ3) is 2.54. The highest BCUT2D eigenvalue weighted by Gasteiger charge is 2.13. The molecular weight excluding hydrogens is 290 g/mol. The van der Waals surface area contributed by atoms with Gasteiger partial charge in [0, 0.05) is 9.75 Å². The molecule has 0 aliphatic heterocycles. The Balaban J connectivity index is 1.95. The van der Waals surface area contributed by atoms with E-state index in [4.69, 9.17) is 4.52 Å². The van der Waals surface area contributed by atoms with Gasteiger partial charge in [-0.05, 0) is 36.6 Å². The molecule has 3 aromatic rings. The monoisotopic (exact) mass is 299 g/mol. The zero-order chi connectivity index (χ0) is 13.9. The summed E-state index contributed by atoms with van der Waals surface area (Å²) in [4.78, 5) is 7.38. The quantitative estimate of drug-likeness (QED) is 0.679. The van der Waals surface area contributed by atoms with Gasteiger partial charge in [-0.1, -0.05) is 11.2 Å². The van der Waals surface area contributed by atoms with Crippen LogP contribution in [0.3, 0.4) is 0 Å². The third-order valence-electron chi connectivity index (χ3n) is 2.57. The summed E-state index contributed by atoms with van der Waals surface area (Å²) in [5, 5.41) is 15.1. The van der Waals surface area contributed by atoms with Crippen LogP contribution in [0, 0.1) is 18.3 Å². The van der Waals surface area contributed by atoms with E-state index in [1.807, 2.05) is 36.6 Å². The number of nitriles is 1. The third-order valence-corrected chi connectivity index (χ3v) is 4.38. The first kappa shape index (κ1) is 12.8. The Bertz CT molecular complexity index is 791. The van der Waals surface area contributed by atoms with Crippen molar-refractivity contribution in [2.75, 3.05) is 0 Å². The lowest BCUT2D eigenvalue weighted by atomic mass is 10.2. The van der Waals surface area contributed by atoms with Crippen molar-refractivity contribution in [1.29, 1.82) is 5.26 Å². The largest absolute Gasteiger partial charge is 0.333 e. The molecule has 20 heavy (non-hydrogen) atoms. The lowest BCUT2D eigenvalue weighted by molar-refractivity contribution is 0.409. The lowest BCUT2D eigenvalue weighted by Gasteiger charge is -1.88. The molecule has 0 amide bonds. The number of thiophene rings is 2. The summed E-state index contributed by atoms with van der Waals surface area (Å²) in [6, 6.07) is 9.92. The van der Waals surface area contributed by atoms with E-state index in [1.54, 1.807) is 17.4 Å². The Hall–Kier alpha value is -2.23. The minimum absolute atomic E-state index is 0.252. The van der Waals surface area contributed by atoms with Gasteiger partial charge < -0.3 is 4.52 Å². The number of hydrogen-bond donors (Lipinski definition) is 0. The molecule has 6 heteroatoms. The minimum atomic E-state index is 0.252. The van der Waals surface area contributed by atoms with E-state index in [9.17, 15) is 5.26 Å². The van der Waals surface area contributed by atoms with Crippen molar-refractivity contribution in [2.24, 2.45) is 0 Å². The smallest absolute Gasteiger partial charge is 0.268 e. The molecule has 0 spiro atoms. The SMILES string of the molecule is Cc1ccc(/C=C(\C#N)c2nc(-c3cccs3)no2)s1. The van der Waals surface area contributed by atoms with E-state index in [0.717, 1.165) is 9.75 Å². The van der Waals surface area contributed by atoms with Gasteiger partial charge in [-0.25, -0.2) is 0 Å². The van der Waals surface area contributed by atoms with Crippen molar-refractivity contribution in [2.45, 2.75) is 6.92 Å². The maximum absolute atomic E-state index is 9.25. The molecule has 0 bridgehead atoms. The van der Waals surface area contributed by atoms with Crippen molar-refractivity contribution in [1.82, 2.24) is 10.1 Å². The average Bonchev–Trinajstić information content (AvgIpc) is 3.17. The molecule has 0 aliphatic rings. The van der Waals surface area contributed by atoms with Gasteiger partial charge in [0.2, 0.25) is 5.82 Å². The standard InChI is InChI=1S/C14H9N3OS2/c1-9-4-5-11(20-9)7-10(8-15)14-16-13(17-18-14)12-3-2-6-19-12/h2-7H,1H3/b10-7+. The van der Waals surface area contributed by atoms with Crippen LogP contribution in [0.15, 0.2) is 34.2 Å². The van der Waals surface area contributed by atoms with Crippen molar-refractivity contribution < 1.29 is 4.52 Å². The molecule has 98 valence electrons. The van der Waals surface area contributed by atoms with Gasteiger partial charge >= 0.3 is 0 Å². The molecule has 0 N–H and O–H groups in total. The zero-order valence-electron chi connectivity index (χ0n) is 10.5. The Morgan fingerprint density at radius 2 is 2.30 bits per heavy atom. The van der Waals surface area contributed by atoms with Gasteiger partial charge in [-0.15, -0.1) is 22.7 Å². The van der Waals surface area contributed by atoms with Crippen molar-refractivity contribution in [3.05, 3.63) is 45.3 Å². The van der Waals surface area contributed by atoms with Gasteiger partial charge in [-0.2, -0.15) is 10.2 Å². The summed E-state index contributed by atoms with van der Waals surface area (Å²) < 4.78 is 5.18. The van der Waals surface area contributed by atoms with Crippen LogP contribution in [-0.4, -0.2) is 10.1 Å². The molecular formula is C14H9N3OS2. The Morgan fingerprint density at radius 3 is 2.95 bits per heavy atom. The van der Waals surface area contributed by atoms with Gasteiger partial charge in [-0.3, -0.25) is 0 Å². The summed E-state index contributed by atoms with van der Waals surface area (Å²) in [6.45, 7) is 2.02. The molecule has 0 saturated heterocycles. The lowest BCUT2D eigenvalue weighted by Crippen LogP contribution is -1.81. The van der Waals surface area contributed by atoms with Crippen molar-refractivity contribution in [3.63, 3.8) is 0 Å². The van der Waals surface area contributed by atoms with E-state index in [0.29, 0.717) is 11.4 Å². The fraction of sp³-hybridized carbons (Fsp3) is 0.0714. The minimum Gasteiger partial charge on any atom is -0.333 e. The molecule has 3 aromatic heterocycles. The number of aryl methyl sites for hydroxylation is 1. The first-order chi connectivity index (χ1) is 9.76. The second-order valence-corrected chi connectivity index (χ2v) is 6.29. The number of allylic oxidation sites excluding steroid dienone is 1. The molecule has 0 aromatic carbocycles. The van der Waals surface area contributed by atoms with Crippen LogP contribution >= 0.6 is 22.7 Å². The van der Waals surface area contributed by atoms with Gasteiger partial charge in [0.15, 0.2) is 0 Å². The summed E-state index contributed by atoms with van der Waals surface area (Å²) in [7, 11) is 0. The van der Waals surface area contributed by atoms with Crippen LogP contribution in [0.4, 0.5) is 0 Å². The summed E-state index contributed by atoms with van der Waals surface area (Å²) in [6.07, 6.45) is 1.77. The number of hydrogen-bond acceptors (Lipinski definition) is 6. The number of nitrogens with zero attached hydrogens (tertiary/aromatic N) is 3.